The lowest BCUT2D eigenvalue weighted by molar-refractivity contribution is 0.0684. The summed E-state index contributed by atoms with van der Waals surface area (Å²) in [5.74, 6) is 1.48. The van der Waals surface area contributed by atoms with E-state index in [2.05, 4.69) is 12.6 Å². The maximum absolute atomic E-state index is 11.2. The molecule has 2 rings (SSSR count). The van der Waals surface area contributed by atoms with Gasteiger partial charge in [-0.2, -0.15) is 0 Å². The van der Waals surface area contributed by atoms with E-state index >= 15 is 0 Å². The summed E-state index contributed by atoms with van der Waals surface area (Å²) >= 11 is 3.36. The molecule has 3 unspecified atom stereocenters. The van der Waals surface area contributed by atoms with Crippen LogP contribution in [0.25, 0.3) is 0 Å². The fraction of sp³-hybridized carbons (Fsp3) is 0.444. The van der Waals surface area contributed by atoms with Crippen molar-refractivity contribution in [3.8, 4) is 5.75 Å². The van der Waals surface area contributed by atoms with Crippen LogP contribution in [-0.2, 0) is 0 Å². The zero-order chi connectivity index (χ0) is 16.2. The molecule has 2 nitrogen and oxygen atoms in total. The first-order chi connectivity index (χ1) is 10.6. The number of hydrogen-bond acceptors (Lipinski definition) is 4. The Kier molecular flexibility index (Phi) is 6.07. The van der Waals surface area contributed by atoms with Gasteiger partial charge in [0.1, 0.15) is 5.75 Å². The third-order valence-electron chi connectivity index (χ3n) is 4.21. The first kappa shape index (κ1) is 17.5. The first-order valence-electron chi connectivity index (χ1n) is 7.36. The number of methoxy groups -OCH3 is 1. The van der Waals surface area contributed by atoms with E-state index < -0.39 is 5.60 Å². The molecule has 1 aliphatic rings. The molecular formula is C18H24O2S2. The summed E-state index contributed by atoms with van der Waals surface area (Å²) in [6.07, 6.45) is 9.48. The van der Waals surface area contributed by atoms with Crippen LogP contribution in [-0.4, -0.2) is 30.3 Å². The van der Waals surface area contributed by atoms with E-state index in [1.54, 1.807) is 30.6 Å². The lowest BCUT2D eigenvalue weighted by Gasteiger charge is -2.25. The van der Waals surface area contributed by atoms with Gasteiger partial charge in [-0.25, -0.2) is 0 Å². The number of benzene rings is 1. The second kappa shape index (κ2) is 7.62. The van der Waals surface area contributed by atoms with Gasteiger partial charge in [-0.3, -0.25) is 0 Å². The molecule has 0 heterocycles. The van der Waals surface area contributed by atoms with Crippen LogP contribution >= 0.6 is 23.5 Å². The van der Waals surface area contributed by atoms with Crippen molar-refractivity contribution < 1.29 is 9.84 Å². The summed E-state index contributed by atoms with van der Waals surface area (Å²) in [4.78, 5) is 0. The Morgan fingerprint density at radius 3 is 2.68 bits per heavy atom. The summed E-state index contributed by atoms with van der Waals surface area (Å²) < 4.78 is 6.61. The Morgan fingerprint density at radius 2 is 2.09 bits per heavy atom. The van der Waals surface area contributed by atoms with Crippen molar-refractivity contribution >= 4 is 23.5 Å². The van der Waals surface area contributed by atoms with Crippen molar-refractivity contribution in [2.75, 3.05) is 19.6 Å². The van der Waals surface area contributed by atoms with Crippen molar-refractivity contribution in [1.29, 1.82) is 0 Å². The summed E-state index contributed by atoms with van der Waals surface area (Å²) in [5.41, 5.74) is 0.370. The lowest BCUT2D eigenvalue weighted by Crippen LogP contribution is -2.29. The predicted octanol–water partition coefficient (Wildman–Crippen LogP) is 4.67. The van der Waals surface area contributed by atoms with Gasteiger partial charge < -0.3 is 9.84 Å². The lowest BCUT2D eigenvalue weighted by atomic mass is 9.91. The van der Waals surface area contributed by atoms with E-state index in [0.29, 0.717) is 12.3 Å². The normalized spacial score (nSPS) is 22.5. The molecule has 1 fully saturated rings. The highest BCUT2D eigenvalue weighted by atomic mass is 32.2. The molecule has 1 aromatic rings. The van der Waals surface area contributed by atoms with Crippen LogP contribution in [0.15, 0.2) is 47.2 Å². The van der Waals surface area contributed by atoms with Gasteiger partial charge in [0.2, 0.25) is 0 Å². The van der Waals surface area contributed by atoms with Gasteiger partial charge in [0.25, 0.3) is 0 Å². The average Bonchev–Trinajstić information content (AvgIpc) is 3.34. The molecule has 1 aromatic carbocycles. The Labute approximate surface area is 142 Å². The molecule has 120 valence electrons. The molecule has 0 aliphatic heterocycles. The van der Waals surface area contributed by atoms with Gasteiger partial charge in [-0.05, 0) is 54.9 Å². The summed E-state index contributed by atoms with van der Waals surface area (Å²) in [6, 6.07) is 8.11. The van der Waals surface area contributed by atoms with E-state index in [4.69, 9.17) is 4.74 Å². The van der Waals surface area contributed by atoms with Gasteiger partial charge in [-0.15, -0.1) is 30.1 Å². The monoisotopic (exact) mass is 336 g/mol. The number of rotatable bonds is 8. The molecular weight excluding hydrogens is 312 g/mol. The number of thioether (sulfide) groups is 2. The molecule has 1 saturated carbocycles. The molecule has 3 atom stereocenters. The Bertz CT molecular complexity index is 550. The minimum absolute atomic E-state index is 0.219. The fourth-order valence-corrected chi connectivity index (χ4v) is 4.33. The van der Waals surface area contributed by atoms with Gasteiger partial charge >= 0.3 is 0 Å². The fourth-order valence-electron chi connectivity index (χ4n) is 3.02. The minimum Gasteiger partial charge on any atom is -0.496 e. The number of para-hydroxylation sites is 1. The van der Waals surface area contributed by atoms with E-state index in [1.807, 2.05) is 42.9 Å². The topological polar surface area (TPSA) is 29.5 Å². The van der Waals surface area contributed by atoms with Crippen molar-refractivity contribution in [1.82, 2.24) is 0 Å². The average molecular weight is 337 g/mol. The summed E-state index contributed by atoms with van der Waals surface area (Å²) in [5, 5.41) is 11.2. The van der Waals surface area contributed by atoms with Crippen LogP contribution in [0.5, 0.6) is 5.75 Å². The van der Waals surface area contributed by atoms with E-state index in [-0.39, 0.29) is 5.92 Å². The molecule has 0 aromatic heterocycles. The van der Waals surface area contributed by atoms with Gasteiger partial charge in [0, 0.05) is 4.24 Å². The second-order valence-electron chi connectivity index (χ2n) is 5.55. The first-order valence-corrected chi connectivity index (χ1v) is 9.81. The molecule has 0 saturated heterocycles. The van der Waals surface area contributed by atoms with Crippen LogP contribution in [0.2, 0.25) is 0 Å². The maximum Gasteiger partial charge on any atom is 0.122 e. The van der Waals surface area contributed by atoms with Crippen LogP contribution < -0.4 is 4.74 Å². The highest BCUT2D eigenvalue weighted by Crippen LogP contribution is 2.57. The maximum atomic E-state index is 11.2. The van der Waals surface area contributed by atoms with Crippen molar-refractivity contribution in [3.05, 3.63) is 52.8 Å². The molecule has 1 aliphatic carbocycles. The molecule has 0 radical (unpaired) electrons. The van der Waals surface area contributed by atoms with E-state index in [1.165, 1.54) is 5.56 Å². The molecule has 0 bridgehead atoms. The van der Waals surface area contributed by atoms with Gasteiger partial charge in [0.05, 0.1) is 12.7 Å². The Hall–Kier alpha value is -0.840. The highest BCUT2D eigenvalue weighted by Gasteiger charge is 2.51. The standard InChI is InChI=1S/C18H24O2S2/c1-5-10-18(19,12-17(21-3)22-4)15-11-14(15)13-8-6-7-9-16(13)20-2/h5-9,12,14-15,19H,1,10-11H2,2-4H3. The minimum atomic E-state index is -0.825. The largest absolute Gasteiger partial charge is 0.496 e. The second-order valence-corrected chi connectivity index (χ2v) is 7.50. The molecule has 4 heteroatoms. The number of aliphatic hydroxyl groups is 1. The van der Waals surface area contributed by atoms with Crippen molar-refractivity contribution in [3.63, 3.8) is 0 Å². The van der Waals surface area contributed by atoms with E-state index in [9.17, 15) is 5.11 Å². The van der Waals surface area contributed by atoms with Crippen LogP contribution in [0.1, 0.15) is 24.3 Å². The molecule has 22 heavy (non-hydrogen) atoms. The highest BCUT2D eigenvalue weighted by molar-refractivity contribution is 8.21. The zero-order valence-corrected chi connectivity index (χ0v) is 15.0. The zero-order valence-electron chi connectivity index (χ0n) is 13.4. The molecule has 0 amide bonds. The van der Waals surface area contributed by atoms with E-state index in [0.717, 1.165) is 16.4 Å². The number of ether oxygens (including phenoxy) is 1. The third kappa shape index (κ3) is 3.73. The summed E-state index contributed by atoms with van der Waals surface area (Å²) in [7, 11) is 1.70. The van der Waals surface area contributed by atoms with Crippen LogP contribution in [0, 0.1) is 5.92 Å². The van der Waals surface area contributed by atoms with Crippen LogP contribution in [0.4, 0.5) is 0 Å². The van der Waals surface area contributed by atoms with Gasteiger partial charge in [-0.1, -0.05) is 24.3 Å². The quantitative estimate of drug-likeness (QED) is 0.698. The van der Waals surface area contributed by atoms with Crippen molar-refractivity contribution in [2.24, 2.45) is 5.92 Å². The third-order valence-corrected chi connectivity index (χ3v) is 6.25. The van der Waals surface area contributed by atoms with Gasteiger partial charge in [0.15, 0.2) is 0 Å². The van der Waals surface area contributed by atoms with Crippen LogP contribution in [0.3, 0.4) is 0 Å². The smallest absolute Gasteiger partial charge is 0.122 e. The Balaban J connectivity index is 2.26. The molecule has 1 N–H and O–H groups in total. The predicted molar refractivity (Wildman–Crippen MR) is 98.7 cm³/mol. The summed E-state index contributed by atoms with van der Waals surface area (Å²) in [6.45, 7) is 3.82. The molecule has 0 spiro atoms. The van der Waals surface area contributed by atoms with Crippen molar-refractivity contribution in [2.45, 2.75) is 24.4 Å². The SMILES string of the molecule is C=CCC(O)(C=C(SC)SC)C1CC1c1ccccc1OC. The number of hydrogen-bond donors (Lipinski definition) is 1. The Morgan fingerprint density at radius 1 is 1.41 bits per heavy atom.